The van der Waals surface area contributed by atoms with Gasteiger partial charge in [0, 0.05) is 31.6 Å². The molecule has 1 saturated heterocycles. The predicted molar refractivity (Wildman–Crippen MR) is 75.5 cm³/mol. The van der Waals surface area contributed by atoms with Crippen LogP contribution in [0.5, 0.6) is 11.5 Å². The van der Waals surface area contributed by atoms with Crippen molar-refractivity contribution in [1.82, 2.24) is 15.3 Å². The zero-order valence-electron chi connectivity index (χ0n) is 11.7. The Labute approximate surface area is 117 Å². The summed E-state index contributed by atoms with van der Waals surface area (Å²) < 4.78 is 16.3. The topological polar surface area (TPSA) is 68.4 Å². The van der Waals surface area contributed by atoms with E-state index in [0.717, 1.165) is 43.0 Å². The number of aromatic amines is 1. The molecule has 20 heavy (non-hydrogen) atoms. The van der Waals surface area contributed by atoms with E-state index in [1.807, 2.05) is 12.1 Å². The van der Waals surface area contributed by atoms with Crippen LogP contribution in [-0.2, 0) is 11.2 Å². The number of H-pyrrole nitrogens is 1. The molecule has 1 unspecified atom stereocenters. The molecule has 3 rings (SSSR count). The Morgan fingerprint density at radius 3 is 2.80 bits per heavy atom. The third-order valence-corrected chi connectivity index (χ3v) is 3.46. The number of aromatic nitrogens is 2. The van der Waals surface area contributed by atoms with Gasteiger partial charge in [0.05, 0.1) is 38.0 Å². The number of morpholine rings is 1. The van der Waals surface area contributed by atoms with E-state index in [1.54, 1.807) is 14.2 Å². The summed E-state index contributed by atoms with van der Waals surface area (Å²) in [6.45, 7) is 2.54. The summed E-state index contributed by atoms with van der Waals surface area (Å²) in [5.41, 5.74) is 1.82. The lowest BCUT2D eigenvalue weighted by Gasteiger charge is -2.22. The molecule has 1 aliphatic rings. The van der Waals surface area contributed by atoms with Crippen molar-refractivity contribution in [2.45, 2.75) is 12.5 Å². The van der Waals surface area contributed by atoms with Crippen LogP contribution in [0.15, 0.2) is 12.1 Å². The summed E-state index contributed by atoms with van der Waals surface area (Å²) in [7, 11) is 3.25. The van der Waals surface area contributed by atoms with Gasteiger partial charge in [-0.1, -0.05) is 0 Å². The lowest BCUT2D eigenvalue weighted by Crippen LogP contribution is -2.39. The van der Waals surface area contributed by atoms with Gasteiger partial charge in [-0.05, 0) is 0 Å². The second kappa shape index (κ2) is 5.68. The first kappa shape index (κ1) is 13.2. The fraction of sp³-hybridized carbons (Fsp3) is 0.500. The molecular weight excluding hydrogens is 258 g/mol. The van der Waals surface area contributed by atoms with E-state index < -0.39 is 0 Å². The maximum atomic E-state index is 5.70. The molecule has 6 heteroatoms. The molecule has 0 spiro atoms. The van der Waals surface area contributed by atoms with Gasteiger partial charge in [-0.15, -0.1) is 0 Å². The number of hydrogen-bond donors (Lipinski definition) is 2. The smallest absolute Gasteiger partial charge is 0.163 e. The van der Waals surface area contributed by atoms with Crippen molar-refractivity contribution >= 4 is 11.0 Å². The van der Waals surface area contributed by atoms with Crippen molar-refractivity contribution in [3.8, 4) is 11.5 Å². The summed E-state index contributed by atoms with van der Waals surface area (Å²) in [4.78, 5) is 7.91. The molecular formula is C14H19N3O3. The van der Waals surface area contributed by atoms with Crippen molar-refractivity contribution in [1.29, 1.82) is 0 Å². The molecule has 1 aliphatic heterocycles. The second-order valence-corrected chi connectivity index (χ2v) is 4.81. The van der Waals surface area contributed by atoms with Crippen molar-refractivity contribution in [3.05, 3.63) is 18.0 Å². The quantitative estimate of drug-likeness (QED) is 0.876. The summed E-state index contributed by atoms with van der Waals surface area (Å²) in [5, 5.41) is 3.32. The molecule has 1 fully saturated rings. The highest BCUT2D eigenvalue weighted by atomic mass is 16.5. The molecule has 108 valence electrons. The SMILES string of the molecule is COc1cc2nc(CC3CNCCO3)[nH]c2cc1OC. The van der Waals surface area contributed by atoms with E-state index in [9.17, 15) is 0 Å². The van der Waals surface area contributed by atoms with Crippen molar-refractivity contribution < 1.29 is 14.2 Å². The van der Waals surface area contributed by atoms with Gasteiger partial charge in [-0.3, -0.25) is 0 Å². The predicted octanol–water partition coefficient (Wildman–Crippen LogP) is 1.11. The number of ether oxygens (including phenoxy) is 3. The Morgan fingerprint density at radius 1 is 1.30 bits per heavy atom. The van der Waals surface area contributed by atoms with Crippen LogP contribution in [0.2, 0.25) is 0 Å². The molecule has 0 amide bonds. The molecule has 2 heterocycles. The number of fused-ring (bicyclic) bond motifs is 1. The summed E-state index contributed by atoms with van der Waals surface area (Å²) in [6, 6.07) is 3.79. The van der Waals surface area contributed by atoms with Crippen molar-refractivity contribution in [3.63, 3.8) is 0 Å². The minimum atomic E-state index is 0.174. The Morgan fingerprint density at radius 2 is 2.10 bits per heavy atom. The molecule has 2 aromatic rings. The molecule has 1 aromatic heterocycles. The molecule has 0 radical (unpaired) electrons. The van der Waals surface area contributed by atoms with Crippen LogP contribution >= 0.6 is 0 Å². The second-order valence-electron chi connectivity index (χ2n) is 4.81. The van der Waals surface area contributed by atoms with Gasteiger partial charge >= 0.3 is 0 Å². The summed E-state index contributed by atoms with van der Waals surface area (Å²) >= 11 is 0. The number of methoxy groups -OCH3 is 2. The van der Waals surface area contributed by atoms with Gasteiger partial charge in [0.25, 0.3) is 0 Å². The van der Waals surface area contributed by atoms with Crippen LogP contribution in [0.4, 0.5) is 0 Å². The lowest BCUT2D eigenvalue weighted by molar-refractivity contribution is 0.0282. The average Bonchev–Trinajstić information content (AvgIpc) is 2.87. The van der Waals surface area contributed by atoms with Crippen molar-refractivity contribution in [2.24, 2.45) is 0 Å². The minimum absolute atomic E-state index is 0.174. The van der Waals surface area contributed by atoms with Crippen LogP contribution in [0.1, 0.15) is 5.82 Å². The molecule has 0 saturated carbocycles. The van der Waals surface area contributed by atoms with Gasteiger partial charge in [0.1, 0.15) is 5.82 Å². The normalized spacial score (nSPS) is 19.2. The molecule has 0 bridgehead atoms. The summed E-state index contributed by atoms with van der Waals surface area (Å²) in [6.07, 6.45) is 0.944. The molecule has 1 atom stereocenters. The van der Waals surface area contributed by atoms with Gasteiger partial charge in [0.15, 0.2) is 11.5 Å². The van der Waals surface area contributed by atoms with E-state index in [4.69, 9.17) is 14.2 Å². The lowest BCUT2D eigenvalue weighted by atomic mass is 10.2. The van der Waals surface area contributed by atoms with Gasteiger partial charge < -0.3 is 24.5 Å². The third-order valence-electron chi connectivity index (χ3n) is 3.46. The monoisotopic (exact) mass is 277 g/mol. The van der Waals surface area contributed by atoms with E-state index in [1.165, 1.54) is 0 Å². The number of imidazole rings is 1. The van der Waals surface area contributed by atoms with Gasteiger partial charge in [-0.25, -0.2) is 4.98 Å². The maximum absolute atomic E-state index is 5.70. The van der Waals surface area contributed by atoms with Gasteiger partial charge in [-0.2, -0.15) is 0 Å². The fourth-order valence-corrected chi connectivity index (χ4v) is 2.45. The van der Waals surface area contributed by atoms with Crippen LogP contribution in [0.3, 0.4) is 0 Å². The number of rotatable bonds is 4. The molecule has 1 aromatic carbocycles. The first-order valence-electron chi connectivity index (χ1n) is 6.73. The Kier molecular flexibility index (Phi) is 3.75. The number of nitrogens with zero attached hydrogens (tertiary/aromatic N) is 1. The first-order valence-corrected chi connectivity index (χ1v) is 6.73. The zero-order chi connectivity index (χ0) is 13.9. The number of hydrogen-bond acceptors (Lipinski definition) is 5. The van der Waals surface area contributed by atoms with E-state index in [0.29, 0.717) is 11.5 Å². The van der Waals surface area contributed by atoms with Crippen LogP contribution in [0.25, 0.3) is 11.0 Å². The Balaban J connectivity index is 1.85. The molecule has 2 N–H and O–H groups in total. The third kappa shape index (κ3) is 2.57. The largest absolute Gasteiger partial charge is 0.493 e. The van der Waals surface area contributed by atoms with Crippen molar-refractivity contribution in [2.75, 3.05) is 33.9 Å². The highest BCUT2D eigenvalue weighted by molar-refractivity contribution is 5.79. The number of benzene rings is 1. The van der Waals surface area contributed by atoms with Crippen LogP contribution < -0.4 is 14.8 Å². The fourth-order valence-electron chi connectivity index (χ4n) is 2.45. The van der Waals surface area contributed by atoms with Gasteiger partial charge in [0.2, 0.25) is 0 Å². The average molecular weight is 277 g/mol. The molecule has 6 nitrogen and oxygen atoms in total. The minimum Gasteiger partial charge on any atom is -0.493 e. The Hall–Kier alpha value is -1.79. The highest BCUT2D eigenvalue weighted by Crippen LogP contribution is 2.31. The van der Waals surface area contributed by atoms with E-state index in [-0.39, 0.29) is 6.10 Å². The van der Waals surface area contributed by atoms with E-state index >= 15 is 0 Å². The maximum Gasteiger partial charge on any atom is 0.163 e. The van der Waals surface area contributed by atoms with Crippen LogP contribution in [-0.4, -0.2) is 50.0 Å². The zero-order valence-corrected chi connectivity index (χ0v) is 11.7. The van der Waals surface area contributed by atoms with E-state index in [2.05, 4.69) is 15.3 Å². The standard InChI is InChI=1S/C14H19N3O3/c1-18-12-6-10-11(7-13(12)19-2)17-14(16-10)5-9-8-15-3-4-20-9/h6-7,9,15H,3-5,8H2,1-2H3,(H,16,17). The number of nitrogens with one attached hydrogen (secondary N) is 2. The first-order chi connectivity index (χ1) is 9.80. The highest BCUT2D eigenvalue weighted by Gasteiger charge is 2.17. The van der Waals surface area contributed by atoms with Crippen LogP contribution in [0, 0.1) is 0 Å². The summed E-state index contributed by atoms with van der Waals surface area (Å²) in [5.74, 6) is 2.31. The Bertz CT molecular complexity index is 550. The molecule has 0 aliphatic carbocycles.